The topological polar surface area (TPSA) is 43.6 Å². The first-order valence-electron chi connectivity index (χ1n) is 8.15. The fraction of sp³-hybridized carbons (Fsp3) is 0.211. The Kier molecular flexibility index (Phi) is 3.69. The van der Waals surface area contributed by atoms with Gasteiger partial charge in [-0.3, -0.25) is 0 Å². The molecule has 0 radical (unpaired) electrons. The molecule has 0 bridgehead atoms. The van der Waals surface area contributed by atoms with E-state index in [4.69, 9.17) is 4.98 Å². The lowest BCUT2D eigenvalue weighted by Crippen LogP contribution is -2.02. The highest BCUT2D eigenvalue weighted by molar-refractivity contribution is 5.84. The van der Waals surface area contributed by atoms with Crippen molar-refractivity contribution in [3.05, 3.63) is 54.3 Å². The monoisotopic (exact) mass is 320 g/mol. The summed E-state index contributed by atoms with van der Waals surface area (Å²) in [5.41, 5.74) is 3.96. The predicted molar refractivity (Wildman–Crippen MR) is 93.1 cm³/mol. The van der Waals surface area contributed by atoms with Crippen molar-refractivity contribution in [2.45, 2.75) is 26.3 Å². The van der Waals surface area contributed by atoms with Crippen molar-refractivity contribution in [1.82, 2.24) is 19.5 Å². The number of hydrogen-bond donors (Lipinski definition) is 0. The van der Waals surface area contributed by atoms with E-state index in [1.807, 2.05) is 24.3 Å². The van der Waals surface area contributed by atoms with Crippen LogP contribution in [0.5, 0.6) is 0 Å². The van der Waals surface area contributed by atoms with Gasteiger partial charge in [0.15, 0.2) is 11.3 Å². The number of para-hydroxylation sites is 2. The molecule has 24 heavy (non-hydrogen) atoms. The number of fused-ring (bicyclic) bond motifs is 2. The average Bonchev–Trinajstić information content (AvgIpc) is 2.96. The van der Waals surface area contributed by atoms with Crippen LogP contribution in [0.4, 0.5) is 4.39 Å². The molecule has 4 rings (SSSR count). The number of unbranched alkanes of at least 4 members (excludes halogenated alkanes) is 1. The Morgan fingerprint density at radius 2 is 1.62 bits per heavy atom. The first-order valence-corrected chi connectivity index (χ1v) is 8.15. The van der Waals surface area contributed by atoms with Gasteiger partial charge in [-0.15, -0.1) is 0 Å². The van der Waals surface area contributed by atoms with E-state index in [1.54, 1.807) is 12.1 Å². The predicted octanol–water partition coefficient (Wildman–Crippen LogP) is 4.59. The summed E-state index contributed by atoms with van der Waals surface area (Å²) < 4.78 is 15.3. The van der Waals surface area contributed by atoms with Crippen LogP contribution in [0.1, 0.15) is 19.8 Å². The molecule has 0 N–H and O–H groups in total. The first-order chi connectivity index (χ1) is 11.8. The Balaban J connectivity index is 1.96. The van der Waals surface area contributed by atoms with Crippen LogP contribution in [0.3, 0.4) is 0 Å². The molecule has 0 aliphatic rings. The van der Waals surface area contributed by atoms with Crippen molar-refractivity contribution in [2.75, 3.05) is 0 Å². The molecular weight excluding hydrogens is 303 g/mol. The van der Waals surface area contributed by atoms with Gasteiger partial charge >= 0.3 is 0 Å². The molecule has 0 saturated heterocycles. The molecule has 0 fully saturated rings. The minimum absolute atomic E-state index is 0.253. The number of aryl methyl sites for hydroxylation is 1. The van der Waals surface area contributed by atoms with E-state index in [-0.39, 0.29) is 5.82 Å². The Bertz CT molecular complexity index is 1010. The van der Waals surface area contributed by atoms with Crippen LogP contribution < -0.4 is 0 Å². The van der Waals surface area contributed by atoms with Gasteiger partial charge in [0, 0.05) is 12.1 Å². The summed E-state index contributed by atoms with van der Waals surface area (Å²) in [6, 6.07) is 14.2. The molecule has 120 valence electrons. The van der Waals surface area contributed by atoms with Crippen molar-refractivity contribution in [2.24, 2.45) is 0 Å². The molecule has 0 aliphatic heterocycles. The summed E-state index contributed by atoms with van der Waals surface area (Å²) in [5, 5.41) is 0. The van der Waals surface area contributed by atoms with E-state index in [0.717, 1.165) is 47.5 Å². The van der Waals surface area contributed by atoms with Crippen LogP contribution in [-0.2, 0) is 6.54 Å². The maximum absolute atomic E-state index is 13.2. The number of imidazole rings is 1. The SMILES string of the molecule is CCCCn1c(-c2ccc(F)cc2)nc2nc3ccccc3nc21. The second kappa shape index (κ2) is 6.00. The largest absolute Gasteiger partial charge is 0.307 e. The Labute approximate surface area is 139 Å². The van der Waals surface area contributed by atoms with Gasteiger partial charge in [-0.25, -0.2) is 19.3 Å². The molecule has 0 saturated carbocycles. The van der Waals surface area contributed by atoms with Gasteiger partial charge in [0.1, 0.15) is 11.6 Å². The minimum atomic E-state index is -0.253. The molecule has 4 aromatic rings. The Morgan fingerprint density at radius 1 is 0.917 bits per heavy atom. The van der Waals surface area contributed by atoms with E-state index in [1.165, 1.54) is 12.1 Å². The highest BCUT2D eigenvalue weighted by Crippen LogP contribution is 2.25. The summed E-state index contributed by atoms with van der Waals surface area (Å²) in [7, 11) is 0. The highest BCUT2D eigenvalue weighted by atomic mass is 19.1. The van der Waals surface area contributed by atoms with E-state index in [2.05, 4.69) is 21.5 Å². The number of nitrogens with zero attached hydrogens (tertiary/aromatic N) is 4. The first kappa shape index (κ1) is 14.8. The number of aromatic nitrogens is 4. The van der Waals surface area contributed by atoms with Crippen LogP contribution in [0.15, 0.2) is 48.5 Å². The van der Waals surface area contributed by atoms with Crippen molar-refractivity contribution < 1.29 is 4.39 Å². The van der Waals surface area contributed by atoms with Crippen molar-refractivity contribution >= 4 is 22.3 Å². The zero-order valence-electron chi connectivity index (χ0n) is 13.4. The molecule has 5 heteroatoms. The fourth-order valence-electron chi connectivity index (χ4n) is 2.85. The summed E-state index contributed by atoms with van der Waals surface area (Å²) in [5.74, 6) is 0.533. The van der Waals surface area contributed by atoms with Gasteiger partial charge in [0.2, 0.25) is 0 Å². The van der Waals surface area contributed by atoms with Gasteiger partial charge in [0.25, 0.3) is 0 Å². The molecular formula is C19H17FN4. The number of rotatable bonds is 4. The van der Waals surface area contributed by atoms with Gasteiger partial charge in [-0.05, 0) is 42.8 Å². The standard InChI is InChI=1S/C19H17FN4/c1-2-3-12-24-18(13-8-10-14(20)11-9-13)23-17-19(24)22-16-7-5-4-6-15(16)21-17/h4-11H,2-3,12H2,1H3. The fourth-order valence-corrected chi connectivity index (χ4v) is 2.85. The zero-order chi connectivity index (χ0) is 16.5. The van der Waals surface area contributed by atoms with E-state index < -0.39 is 0 Å². The maximum atomic E-state index is 13.2. The second-order valence-electron chi connectivity index (χ2n) is 5.81. The third-order valence-electron chi connectivity index (χ3n) is 4.10. The Hall–Kier alpha value is -2.82. The minimum Gasteiger partial charge on any atom is -0.307 e. The number of hydrogen-bond acceptors (Lipinski definition) is 3. The molecule has 0 aliphatic carbocycles. The molecule has 0 unspecified atom stereocenters. The molecule has 2 aromatic carbocycles. The van der Waals surface area contributed by atoms with Gasteiger partial charge in [-0.1, -0.05) is 25.5 Å². The molecule has 0 atom stereocenters. The summed E-state index contributed by atoms with van der Waals surface area (Å²) >= 11 is 0. The smallest absolute Gasteiger partial charge is 0.198 e. The van der Waals surface area contributed by atoms with Crippen LogP contribution in [0, 0.1) is 5.82 Å². The van der Waals surface area contributed by atoms with Gasteiger partial charge in [-0.2, -0.15) is 0 Å². The van der Waals surface area contributed by atoms with Crippen molar-refractivity contribution in [3.8, 4) is 11.4 Å². The highest BCUT2D eigenvalue weighted by Gasteiger charge is 2.15. The normalized spacial score (nSPS) is 11.4. The molecule has 0 amide bonds. The van der Waals surface area contributed by atoms with Crippen molar-refractivity contribution in [3.63, 3.8) is 0 Å². The Morgan fingerprint density at radius 3 is 2.33 bits per heavy atom. The third kappa shape index (κ3) is 2.52. The summed E-state index contributed by atoms with van der Waals surface area (Å²) in [6.45, 7) is 2.96. The van der Waals surface area contributed by atoms with Crippen LogP contribution in [-0.4, -0.2) is 19.5 Å². The third-order valence-corrected chi connectivity index (χ3v) is 4.10. The van der Waals surface area contributed by atoms with E-state index in [0.29, 0.717) is 5.65 Å². The van der Waals surface area contributed by atoms with Crippen LogP contribution >= 0.6 is 0 Å². The maximum Gasteiger partial charge on any atom is 0.198 e. The second-order valence-corrected chi connectivity index (χ2v) is 5.81. The summed E-state index contributed by atoms with van der Waals surface area (Å²) in [6.07, 6.45) is 2.09. The number of halogens is 1. The van der Waals surface area contributed by atoms with E-state index in [9.17, 15) is 4.39 Å². The quantitative estimate of drug-likeness (QED) is 0.552. The van der Waals surface area contributed by atoms with E-state index >= 15 is 0 Å². The molecule has 4 nitrogen and oxygen atoms in total. The summed E-state index contributed by atoms with van der Waals surface area (Å²) in [4.78, 5) is 14.1. The molecule has 2 aromatic heterocycles. The number of benzene rings is 2. The van der Waals surface area contributed by atoms with Gasteiger partial charge < -0.3 is 4.57 Å². The molecule has 2 heterocycles. The zero-order valence-corrected chi connectivity index (χ0v) is 13.4. The molecule has 0 spiro atoms. The average molecular weight is 320 g/mol. The lowest BCUT2D eigenvalue weighted by molar-refractivity contribution is 0.627. The lowest BCUT2D eigenvalue weighted by atomic mass is 10.2. The van der Waals surface area contributed by atoms with Crippen LogP contribution in [0.25, 0.3) is 33.7 Å². The lowest BCUT2D eigenvalue weighted by Gasteiger charge is -2.08. The van der Waals surface area contributed by atoms with Crippen molar-refractivity contribution in [1.29, 1.82) is 0 Å². The van der Waals surface area contributed by atoms with Crippen LogP contribution in [0.2, 0.25) is 0 Å². The van der Waals surface area contributed by atoms with Gasteiger partial charge in [0.05, 0.1) is 11.0 Å².